The van der Waals surface area contributed by atoms with Crippen molar-refractivity contribution in [3.63, 3.8) is 0 Å². The van der Waals surface area contributed by atoms with Gasteiger partial charge >= 0.3 is 0 Å². The van der Waals surface area contributed by atoms with E-state index in [2.05, 4.69) is 5.32 Å². The zero-order valence-corrected chi connectivity index (χ0v) is 12.1. The van der Waals surface area contributed by atoms with Crippen molar-refractivity contribution in [2.45, 2.75) is 19.4 Å². The van der Waals surface area contributed by atoms with Crippen LogP contribution in [0.15, 0.2) is 42.5 Å². The van der Waals surface area contributed by atoms with Gasteiger partial charge in [-0.15, -0.1) is 0 Å². The minimum atomic E-state index is -0.521. The lowest BCUT2D eigenvalue weighted by molar-refractivity contribution is -0.384. The van der Waals surface area contributed by atoms with Gasteiger partial charge in [0, 0.05) is 11.8 Å². The molecule has 0 aliphatic heterocycles. The van der Waals surface area contributed by atoms with Crippen LogP contribution in [0.3, 0.4) is 0 Å². The van der Waals surface area contributed by atoms with Gasteiger partial charge in [0.2, 0.25) is 0 Å². The van der Waals surface area contributed by atoms with Crippen molar-refractivity contribution >= 4 is 23.0 Å². The van der Waals surface area contributed by atoms with Gasteiger partial charge in [0.15, 0.2) is 0 Å². The van der Waals surface area contributed by atoms with Crippen LogP contribution >= 0.6 is 11.6 Å². The molecule has 0 aliphatic carbocycles. The number of halogens is 2. The SMILES string of the molecule is CCC(Nc1ccc(Cl)c([N+](=O)[O-])c1)c1ccc(F)cc1. The molecule has 0 aliphatic rings. The number of nitro benzene ring substituents is 1. The molecule has 1 unspecified atom stereocenters. The largest absolute Gasteiger partial charge is 0.378 e. The standard InChI is InChI=1S/C15H14ClFN2O2/c1-2-14(10-3-5-11(17)6-4-10)18-12-7-8-13(16)15(9-12)19(20)21/h3-9,14,18H,2H2,1H3. The Kier molecular flexibility index (Phi) is 4.75. The summed E-state index contributed by atoms with van der Waals surface area (Å²) in [5, 5.41) is 14.2. The second-order valence-corrected chi connectivity index (χ2v) is 4.99. The summed E-state index contributed by atoms with van der Waals surface area (Å²) in [4.78, 5) is 10.4. The second-order valence-electron chi connectivity index (χ2n) is 4.58. The van der Waals surface area contributed by atoms with Crippen LogP contribution in [0.4, 0.5) is 15.8 Å². The topological polar surface area (TPSA) is 55.2 Å². The molecule has 0 saturated carbocycles. The van der Waals surface area contributed by atoms with E-state index in [0.29, 0.717) is 5.69 Å². The summed E-state index contributed by atoms with van der Waals surface area (Å²) in [5.41, 5.74) is 1.37. The van der Waals surface area contributed by atoms with E-state index in [4.69, 9.17) is 11.6 Å². The van der Waals surface area contributed by atoms with Crippen molar-refractivity contribution in [2.24, 2.45) is 0 Å². The van der Waals surface area contributed by atoms with Gasteiger partial charge in [-0.1, -0.05) is 30.7 Å². The van der Waals surface area contributed by atoms with Crippen molar-refractivity contribution in [3.05, 3.63) is 69.0 Å². The third-order valence-corrected chi connectivity index (χ3v) is 3.48. The van der Waals surface area contributed by atoms with E-state index in [1.54, 1.807) is 18.2 Å². The summed E-state index contributed by atoms with van der Waals surface area (Å²) in [6, 6.07) is 10.7. The van der Waals surface area contributed by atoms with Gasteiger partial charge in [0.1, 0.15) is 10.8 Å². The molecule has 0 heterocycles. The van der Waals surface area contributed by atoms with Crippen LogP contribution in [-0.2, 0) is 0 Å². The molecule has 4 nitrogen and oxygen atoms in total. The molecule has 0 aromatic heterocycles. The monoisotopic (exact) mass is 308 g/mol. The average Bonchev–Trinajstić information content (AvgIpc) is 2.47. The van der Waals surface area contributed by atoms with Crippen LogP contribution in [0, 0.1) is 15.9 Å². The van der Waals surface area contributed by atoms with Gasteiger partial charge in [-0.2, -0.15) is 0 Å². The fraction of sp³-hybridized carbons (Fsp3) is 0.200. The van der Waals surface area contributed by atoms with E-state index in [9.17, 15) is 14.5 Å². The number of nitrogens with one attached hydrogen (secondary N) is 1. The molecule has 110 valence electrons. The van der Waals surface area contributed by atoms with Crippen molar-refractivity contribution in [1.82, 2.24) is 0 Å². The van der Waals surface area contributed by atoms with Crippen LogP contribution in [0.1, 0.15) is 24.9 Å². The van der Waals surface area contributed by atoms with E-state index in [1.165, 1.54) is 24.3 Å². The summed E-state index contributed by atoms with van der Waals surface area (Å²) in [7, 11) is 0. The lowest BCUT2D eigenvalue weighted by Crippen LogP contribution is -2.09. The number of benzene rings is 2. The highest BCUT2D eigenvalue weighted by molar-refractivity contribution is 6.32. The fourth-order valence-electron chi connectivity index (χ4n) is 2.06. The molecule has 21 heavy (non-hydrogen) atoms. The van der Waals surface area contributed by atoms with Gasteiger partial charge in [-0.25, -0.2) is 4.39 Å². The molecule has 2 aromatic carbocycles. The molecule has 0 saturated heterocycles. The first-order valence-corrected chi connectivity index (χ1v) is 6.85. The zero-order valence-electron chi connectivity index (χ0n) is 11.3. The third kappa shape index (κ3) is 3.70. The van der Waals surface area contributed by atoms with E-state index in [0.717, 1.165) is 12.0 Å². The average molecular weight is 309 g/mol. The molecule has 0 amide bonds. The van der Waals surface area contributed by atoms with Crippen LogP contribution in [0.5, 0.6) is 0 Å². The molecule has 6 heteroatoms. The van der Waals surface area contributed by atoms with Gasteiger partial charge in [0.25, 0.3) is 5.69 Å². The zero-order chi connectivity index (χ0) is 15.4. The molecule has 0 fully saturated rings. The van der Waals surface area contributed by atoms with Crippen molar-refractivity contribution in [2.75, 3.05) is 5.32 Å². The molecule has 1 N–H and O–H groups in total. The van der Waals surface area contributed by atoms with Crippen LogP contribution in [0.25, 0.3) is 0 Å². The molecular formula is C15H14ClFN2O2. The highest BCUT2D eigenvalue weighted by Gasteiger charge is 2.15. The first-order chi connectivity index (χ1) is 10.0. The predicted molar refractivity (Wildman–Crippen MR) is 81.2 cm³/mol. The number of anilines is 1. The molecule has 0 bridgehead atoms. The summed E-state index contributed by atoms with van der Waals surface area (Å²) in [6.45, 7) is 1.98. The van der Waals surface area contributed by atoms with E-state index in [-0.39, 0.29) is 22.6 Å². The number of hydrogen-bond acceptors (Lipinski definition) is 3. The molecule has 1 atom stereocenters. The normalized spacial score (nSPS) is 12.0. The Morgan fingerprint density at radius 1 is 1.29 bits per heavy atom. The second kappa shape index (κ2) is 6.54. The maximum Gasteiger partial charge on any atom is 0.289 e. The van der Waals surface area contributed by atoms with Crippen LogP contribution in [-0.4, -0.2) is 4.92 Å². The Labute approximate surface area is 126 Å². The lowest BCUT2D eigenvalue weighted by atomic mass is 10.0. The summed E-state index contributed by atoms with van der Waals surface area (Å²) in [5.74, 6) is -0.296. The van der Waals surface area contributed by atoms with Gasteiger partial charge in [-0.05, 0) is 36.2 Å². The maximum absolute atomic E-state index is 13.0. The van der Waals surface area contributed by atoms with Gasteiger partial charge < -0.3 is 5.32 Å². The van der Waals surface area contributed by atoms with Crippen LogP contribution < -0.4 is 5.32 Å². The Morgan fingerprint density at radius 2 is 1.95 bits per heavy atom. The minimum Gasteiger partial charge on any atom is -0.378 e. The first-order valence-electron chi connectivity index (χ1n) is 6.47. The predicted octanol–water partition coefficient (Wildman–Crippen LogP) is 4.95. The molecule has 2 rings (SSSR count). The summed E-state index contributed by atoms with van der Waals surface area (Å²) < 4.78 is 13.0. The van der Waals surface area contributed by atoms with E-state index in [1.807, 2.05) is 6.92 Å². The van der Waals surface area contributed by atoms with Crippen molar-refractivity contribution < 1.29 is 9.31 Å². The first kappa shape index (κ1) is 15.3. The minimum absolute atomic E-state index is 0.0635. The third-order valence-electron chi connectivity index (χ3n) is 3.16. The fourth-order valence-corrected chi connectivity index (χ4v) is 2.25. The Hall–Kier alpha value is -2.14. The number of nitrogens with zero attached hydrogens (tertiary/aromatic N) is 1. The Balaban J connectivity index is 2.24. The van der Waals surface area contributed by atoms with Crippen LogP contribution in [0.2, 0.25) is 5.02 Å². The lowest BCUT2D eigenvalue weighted by Gasteiger charge is -2.18. The summed E-state index contributed by atoms with van der Waals surface area (Å²) in [6.07, 6.45) is 0.752. The number of nitro groups is 1. The molecule has 0 radical (unpaired) electrons. The quantitative estimate of drug-likeness (QED) is 0.628. The molecule has 2 aromatic rings. The molecular weight excluding hydrogens is 295 g/mol. The highest BCUT2D eigenvalue weighted by Crippen LogP contribution is 2.30. The molecule has 0 spiro atoms. The van der Waals surface area contributed by atoms with Gasteiger partial charge in [0.05, 0.1) is 11.0 Å². The van der Waals surface area contributed by atoms with E-state index < -0.39 is 4.92 Å². The number of hydrogen-bond donors (Lipinski definition) is 1. The van der Waals surface area contributed by atoms with Crippen molar-refractivity contribution in [1.29, 1.82) is 0 Å². The Bertz CT molecular complexity index is 647. The number of rotatable bonds is 5. The van der Waals surface area contributed by atoms with E-state index >= 15 is 0 Å². The highest BCUT2D eigenvalue weighted by atomic mass is 35.5. The van der Waals surface area contributed by atoms with Crippen molar-refractivity contribution in [3.8, 4) is 0 Å². The van der Waals surface area contributed by atoms with Gasteiger partial charge in [-0.3, -0.25) is 10.1 Å². The summed E-state index contributed by atoms with van der Waals surface area (Å²) >= 11 is 5.78. The Morgan fingerprint density at radius 3 is 2.52 bits per heavy atom. The maximum atomic E-state index is 13.0. The smallest absolute Gasteiger partial charge is 0.289 e.